The van der Waals surface area contributed by atoms with Crippen molar-refractivity contribution in [1.82, 2.24) is 10.3 Å². The Morgan fingerprint density at radius 2 is 2.13 bits per heavy atom. The van der Waals surface area contributed by atoms with Gasteiger partial charge in [0.2, 0.25) is 5.91 Å². The summed E-state index contributed by atoms with van der Waals surface area (Å²) < 4.78 is 0. The topological polar surface area (TPSA) is 42.0 Å². The zero-order valence-corrected chi connectivity index (χ0v) is 10.5. The summed E-state index contributed by atoms with van der Waals surface area (Å²) in [5, 5.41) is 3.97. The molecular weight excluding hydrogens is 208 g/mol. The van der Waals surface area contributed by atoms with E-state index in [-0.39, 0.29) is 11.9 Å². The molecule has 1 aromatic heterocycles. The van der Waals surface area contributed by atoms with E-state index in [1.54, 1.807) is 17.5 Å². The number of carbonyl (C=O) groups excluding carboxylic acids is 1. The van der Waals surface area contributed by atoms with Gasteiger partial charge in [-0.3, -0.25) is 4.79 Å². The maximum absolute atomic E-state index is 11.5. The summed E-state index contributed by atoms with van der Waals surface area (Å²) in [5.74, 6) is 0.515. The summed E-state index contributed by atoms with van der Waals surface area (Å²) >= 11 is 1.62. The molecule has 0 aliphatic rings. The minimum Gasteiger partial charge on any atom is -0.354 e. The highest BCUT2D eigenvalue weighted by atomic mass is 32.1. The lowest BCUT2D eigenvalue weighted by Crippen LogP contribution is -2.31. The van der Waals surface area contributed by atoms with E-state index in [0.717, 1.165) is 9.88 Å². The molecule has 1 aromatic rings. The van der Waals surface area contributed by atoms with Crippen molar-refractivity contribution < 1.29 is 4.79 Å². The quantitative estimate of drug-likeness (QED) is 0.856. The van der Waals surface area contributed by atoms with Gasteiger partial charge in [0.15, 0.2) is 0 Å². The number of carbonyl (C=O) groups is 1. The van der Waals surface area contributed by atoms with Crippen molar-refractivity contribution in [3.63, 3.8) is 0 Å². The minimum absolute atomic E-state index is 0.0731. The van der Waals surface area contributed by atoms with Crippen LogP contribution in [0.5, 0.6) is 0 Å². The SMILES string of the molecule is CC(C)NC(=O)Cc1cnc(C(C)C)s1. The minimum atomic E-state index is 0.0731. The number of rotatable bonds is 4. The van der Waals surface area contributed by atoms with Gasteiger partial charge in [-0.2, -0.15) is 0 Å². The van der Waals surface area contributed by atoms with Crippen molar-refractivity contribution in [1.29, 1.82) is 0 Å². The van der Waals surface area contributed by atoms with E-state index in [1.807, 2.05) is 13.8 Å². The van der Waals surface area contributed by atoms with Crippen molar-refractivity contribution in [2.45, 2.75) is 46.1 Å². The molecule has 0 aromatic carbocycles. The third-order valence-corrected chi connectivity index (χ3v) is 3.15. The molecule has 0 radical (unpaired) electrons. The monoisotopic (exact) mass is 226 g/mol. The summed E-state index contributed by atoms with van der Waals surface area (Å²) in [6, 6.07) is 0.204. The highest BCUT2D eigenvalue weighted by Crippen LogP contribution is 2.21. The van der Waals surface area contributed by atoms with Crippen LogP contribution in [0.25, 0.3) is 0 Å². The second-order valence-electron chi connectivity index (χ2n) is 4.22. The van der Waals surface area contributed by atoms with Crippen molar-refractivity contribution in [2.24, 2.45) is 0 Å². The van der Waals surface area contributed by atoms with E-state index in [9.17, 15) is 4.79 Å². The smallest absolute Gasteiger partial charge is 0.225 e. The number of hydrogen-bond donors (Lipinski definition) is 1. The molecule has 0 unspecified atom stereocenters. The highest BCUT2D eigenvalue weighted by Gasteiger charge is 2.09. The number of nitrogens with zero attached hydrogens (tertiary/aromatic N) is 1. The van der Waals surface area contributed by atoms with Crippen LogP contribution in [0.2, 0.25) is 0 Å². The van der Waals surface area contributed by atoms with Crippen LogP contribution in [0.4, 0.5) is 0 Å². The largest absolute Gasteiger partial charge is 0.354 e. The molecule has 1 amide bonds. The summed E-state index contributed by atoms with van der Waals surface area (Å²) in [6.07, 6.45) is 2.25. The molecule has 0 saturated carbocycles. The molecular formula is C11H18N2OS. The van der Waals surface area contributed by atoms with E-state index >= 15 is 0 Å². The first kappa shape index (κ1) is 12.2. The van der Waals surface area contributed by atoms with E-state index in [0.29, 0.717) is 12.3 Å². The maximum atomic E-state index is 11.5. The van der Waals surface area contributed by atoms with E-state index in [1.165, 1.54) is 0 Å². The van der Waals surface area contributed by atoms with Gasteiger partial charge in [0.05, 0.1) is 11.4 Å². The number of amides is 1. The molecule has 1 N–H and O–H groups in total. The Balaban J connectivity index is 2.53. The number of aromatic nitrogens is 1. The molecule has 4 heteroatoms. The van der Waals surface area contributed by atoms with Gasteiger partial charge >= 0.3 is 0 Å². The fourth-order valence-electron chi connectivity index (χ4n) is 1.20. The van der Waals surface area contributed by atoms with Crippen molar-refractivity contribution in [3.8, 4) is 0 Å². The molecule has 0 atom stereocenters. The van der Waals surface area contributed by atoms with Crippen LogP contribution in [-0.4, -0.2) is 16.9 Å². The fourth-order valence-corrected chi connectivity index (χ4v) is 2.12. The summed E-state index contributed by atoms with van der Waals surface area (Å²) in [5.41, 5.74) is 0. The Bertz CT molecular complexity index is 331. The lowest BCUT2D eigenvalue weighted by molar-refractivity contribution is -0.120. The van der Waals surface area contributed by atoms with E-state index < -0.39 is 0 Å². The molecule has 0 aliphatic carbocycles. The molecule has 1 heterocycles. The molecule has 0 bridgehead atoms. The Kier molecular flexibility index (Phi) is 4.27. The Morgan fingerprint density at radius 1 is 1.47 bits per heavy atom. The third-order valence-electron chi connectivity index (χ3n) is 1.85. The molecule has 84 valence electrons. The molecule has 0 aliphatic heterocycles. The molecule has 0 spiro atoms. The van der Waals surface area contributed by atoms with E-state index in [4.69, 9.17) is 0 Å². The van der Waals surface area contributed by atoms with Gasteiger partial charge in [-0.05, 0) is 13.8 Å². The lowest BCUT2D eigenvalue weighted by atomic mass is 10.2. The maximum Gasteiger partial charge on any atom is 0.225 e. The third kappa shape index (κ3) is 4.00. The standard InChI is InChI=1S/C11H18N2OS/c1-7(2)11-12-6-9(15-11)5-10(14)13-8(3)4/h6-8H,5H2,1-4H3,(H,13,14). The zero-order chi connectivity index (χ0) is 11.4. The molecule has 3 nitrogen and oxygen atoms in total. The van der Waals surface area contributed by atoms with Gasteiger partial charge in [0, 0.05) is 23.0 Å². The van der Waals surface area contributed by atoms with Crippen LogP contribution in [0.3, 0.4) is 0 Å². The predicted molar refractivity (Wildman–Crippen MR) is 63.2 cm³/mol. The summed E-state index contributed by atoms with van der Waals surface area (Å²) in [4.78, 5) is 16.8. The van der Waals surface area contributed by atoms with Crippen molar-refractivity contribution in [2.75, 3.05) is 0 Å². The van der Waals surface area contributed by atoms with Gasteiger partial charge < -0.3 is 5.32 Å². The van der Waals surface area contributed by atoms with Crippen LogP contribution < -0.4 is 5.32 Å². The normalized spacial score (nSPS) is 11.1. The summed E-state index contributed by atoms with van der Waals surface area (Å²) in [7, 11) is 0. The summed E-state index contributed by atoms with van der Waals surface area (Å²) in [6.45, 7) is 8.14. The predicted octanol–water partition coefficient (Wildman–Crippen LogP) is 2.33. The average molecular weight is 226 g/mol. The van der Waals surface area contributed by atoms with Crippen molar-refractivity contribution in [3.05, 3.63) is 16.1 Å². The zero-order valence-electron chi connectivity index (χ0n) is 9.70. The van der Waals surface area contributed by atoms with Crippen molar-refractivity contribution >= 4 is 17.2 Å². The first-order chi connectivity index (χ1) is 6.99. The van der Waals surface area contributed by atoms with Gasteiger partial charge in [-0.15, -0.1) is 11.3 Å². The van der Waals surface area contributed by atoms with E-state index in [2.05, 4.69) is 24.1 Å². The van der Waals surface area contributed by atoms with Crippen LogP contribution in [0.1, 0.15) is 43.5 Å². The molecule has 1 rings (SSSR count). The number of nitrogens with one attached hydrogen (secondary N) is 1. The second-order valence-corrected chi connectivity index (χ2v) is 5.37. The first-order valence-electron chi connectivity index (χ1n) is 5.23. The fraction of sp³-hybridized carbons (Fsp3) is 0.636. The van der Waals surface area contributed by atoms with Crippen LogP contribution in [0.15, 0.2) is 6.20 Å². The second kappa shape index (κ2) is 5.26. The van der Waals surface area contributed by atoms with Gasteiger partial charge in [0.1, 0.15) is 0 Å². The van der Waals surface area contributed by atoms with Gasteiger partial charge in [-0.25, -0.2) is 4.98 Å². The molecule has 0 fully saturated rings. The molecule has 0 saturated heterocycles. The van der Waals surface area contributed by atoms with Crippen LogP contribution in [-0.2, 0) is 11.2 Å². The Labute approximate surface area is 94.9 Å². The average Bonchev–Trinajstić information content (AvgIpc) is 2.50. The Hall–Kier alpha value is -0.900. The Morgan fingerprint density at radius 3 is 2.60 bits per heavy atom. The highest BCUT2D eigenvalue weighted by molar-refractivity contribution is 7.11. The first-order valence-corrected chi connectivity index (χ1v) is 6.04. The van der Waals surface area contributed by atoms with Gasteiger partial charge in [-0.1, -0.05) is 13.8 Å². The van der Waals surface area contributed by atoms with Crippen LogP contribution in [0, 0.1) is 0 Å². The van der Waals surface area contributed by atoms with Gasteiger partial charge in [0.25, 0.3) is 0 Å². The number of hydrogen-bond acceptors (Lipinski definition) is 3. The number of thiazole rings is 1. The lowest BCUT2D eigenvalue weighted by Gasteiger charge is -2.06. The van der Waals surface area contributed by atoms with Crippen LogP contribution >= 0.6 is 11.3 Å². The molecule has 15 heavy (non-hydrogen) atoms.